The second-order valence-corrected chi connectivity index (χ2v) is 8.18. The van der Waals surface area contributed by atoms with Gasteiger partial charge in [-0.25, -0.2) is 0 Å². The molecule has 3 rings (SSSR count). The summed E-state index contributed by atoms with van der Waals surface area (Å²) in [5.41, 5.74) is 2.42. The van der Waals surface area contributed by atoms with Crippen molar-refractivity contribution < 1.29 is 0 Å². The van der Waals surface area contributed by atoms with E-state index >= 15 is 0 Å². The van der Waals surface area contributed by atoms with E-state index in [1.807, 2.05) is 12.1 Å². The standard InChI is InChI=1S/C17H24ClN/c1-16(2)8-15-9-17(3,11-16)12-19(15)10-13-4-6-14(18)7-5-13/h4-7,15H,8-12H2,1-3H3/t15-,17+/m1/s1. The molecule has 1 saturated heterocycles. The molecule has 1 aromatic carbocycles. The van der Waals surface area contributed by atoms with Crippen molar-refractivity contribution in [2.45, 2.75) is 52.6 Å². The van der Waals surface area contributed by atoms with Gasteiger partial charge in [-0.15, -0.1) is 0 Å². The van der Waals surface area contributed by atoms with Gasteiger partial charge in [-0.1, -0.05) is 44.5 Å². The fourth-order valence-corrected chi connectivity index (χ4v) is 4.71. The lowest BCUT2D eigenvalue weighted by Gasteiger charge is -2.40. The first-order valence-electron chi connectivity index (χ1n) is 7.34. The van der Waals surface area contributed by atoms with E-state index in [2.05, 4.69) is 37.8 Å². The van der Waals surface area contributed by atoms with Crippen LogP contribution in [0.25, 0.3) is 0 Å². The Bertz CT molecular complexity index is 465. The smallest absolute Gasteiger partial charge is 0.0406 e. The third-order valence-corrected chi connectivity index (χ3v) is 5.07. The van der Waals surface area contributed by atoms with Gasteiger partial charge in [0.2, 0.25) is 0 Å². The van der Waals surface area contributed by atoms with E-state index < -0.39 is 0 Å². The van der Waals surface area contributed by atoms with E-state index in [0.29, 0.717) is 10.8 Å². The number of likely N-dealkylation sites (tertiary alicyclic amines) is 1. The molecule has 1 saturated carbocycles. The molecule has 0 unspecified atom stereocenters. The maximum absolute atomic E-state index is 5.96. The number of hydrogen-bond acceptors (Lipinski definition) is 1. The third kappa shape index (κ3) is 2.83. The predicted molar refractivity (Wildman–Crippen MR) is 81.4 cm³/mol. The van der Waals surface area contributed by atoms with Gasteiger partial charge in [-0.2, -0.15) is 0 Å². The van der Waals surface area contributed by atoms with Crippen LogP contribution < -0.4 is 0 Å². The Hall–Kier alpha value is -0.530. The molecule has 19 heavy (non-hydrogen) atoms. The zero-order chi connectivity index (χ0) is 13.7. The van der Waals surface area contributed by atoms with Gasteiger partial charge in [0.15, 0.2) is 0 Å². The highest BCUT2D eigenvalue weighted by Crippen LogP contribution is 2.52. The van der Waals surface area contributed by atoms with Crippen LogP contribution in [-0.2, 0) is 6.54 Å². The highest BCUT2D eigenvalue weighted by Gasteiger charge is 2.49. The average Bonchev–Trinajstić information content (AvgIpc) is 2.51. The number of halogens is 1. The third-order valence-electron chi connectivity index (χ3n) is 4.82. The second kappa shape index (κ2) is 4.49. The monoisotopic (exact) mass is 277 g/mol. The zero-order valence-corrected chi connectivity index (χ0v) is 13.0. The average molecular weight is 278 g/mol. The Kier molecular flexibility index (Phi) is 3.18. The summed E-state index contributed by atoms with van der Waals surface area (Å²) >= 11 is 5.96. The molecule has 2 fully saturated rings. The summed E-state index contributed by atoms with van der Waals surface area (Å²) in [6, 6.07) is 9.11. The van der Waals surface area contributed by atoms with Gasteiger partial charge in [-0.3, -0.25) is 4.90 Å². The summed E-state index contributed by atoms with van der Waals surface area (Å²) in [5, 5.41) is 0.831. The summed E-state index contributed by atoms with van der Waals surface area (Å²) in [7, 11) is 0. The van der Waals surface area contributed by atoms with E-state index in [9.17, 15) is 0 Å². The largest absolute Gasteiger partial charge is 0.296 e. The van der Waals surface area contributed by atoms with Gasteiger partial charge in [0.1, 0.15) is 0 Å². The molecule has 104 valence electrons. The molecule has 0 aromatic heterocycles. The van der Waals surface area contributed by atoms with Gasteiger partial charge in [-0.05, 0) is 47.8 Å². The Morgan fingerprint density at radius 3 is 2.53 bits per heavy atom. The lowest BCUT2D eigenvalue weighted by atomic mass is 9.65. The molecule has 0 amide bonds. The number of nitrogens with zero attached hydrogens (tertiary/aromatic N) is 1. The van der Waals surface area contributed by atoms with Crippen LogP contribution in [-0.4, -0.2) is 17.5 Å². The van der Waals surface area contributed by atoms with Crippen LogP contribution >= 0.6 is 11.6 Å². The van der Waals surface area contributed by atoms with Crippen LogP contribution in [0.15, 0.2) is 24.3 Å². The lowest BCUT2D eigenvalue weighted by molar-refractivity contribution is 0.126. The molecule has 0 N–H and O–H groups in total. The molecular weight excluding hydrogens is 254 g/mol. The van der Waals surface area contributed by atoms with Crippen LogP contribution in [0.5, 0.6) is 0 Å². The van der Waals surface area contributed by atoms with Crippen molar-refractivity contribution in [3.8, 4) is 0 Å². The number of rotatable bonds is 2. The normalized spacial score (nSPS) is 33.6. The van der Waals surface area contributed by atoms with Crippen molar-refractivity contribution in [3.63, 3.8) is 0 Å². The zero-order valence-electron chi connectivity index (χ0n) is 12.2. The summed E-state index contributed by atoms with van der Waals surface area (Å²) in [6.45, 7) is 9.67. The first-order chi connectivity index (χ1) is 8.85. The molecule has 2 atom stereocenters. The van der Waals surface area contributed by atoms with E-state index in [-0.39, 0.29) is 0 Å². The summed E-state index contributed by atoms with van der Waals surface area (Å²) in [5.74, 6) is 0. The second-order valence-electron chi connectivity index (χ2n) is 7.75. The van der Waals surface area contributed by atoms with Gasteiger partial charge in [0, 0.05) is 24.2 Å². The van der Waals surface area contributed by atoms with Crippen LogP contribution in [0.2, 0.25) is 5.02 Å². The Balaban J connectivity index is 1.75. The van der Waals surface area contributed by atoms with Crippen molar-refractivity contribution in [3.05, 3.63) is 34.9 Å². The van der Waals surface area contributed by atoms with E-state index in [0.717, 1.165) is 17.6 Å². The molecule has 0 spiro atoms. The Morgan fingerprint density at radius 1 is 1.16 bits per heavy atom. The van der Waals surface area contributed by atoms with Crippen molar-refractivity contribution >= 4 is 11.6 Å². The maximum atomic E-state index is 5.96. The number of hydrogen-bond donors (Lipinski definition) is 0. The highest BCUT2D eigenvalue weighted by molar-refractivity contribution is 6.30. The molecule has 2 heteroatoms. The minimum Gasteiger partial charge on any atom is -0.296 e. The maximum Gasteiger partial charge on any atom is 0.0406 e. The lowest BCUT2D eigenvalue weighted by Crippen LogP contribution is -2.34. The molecule has 1 aromatic rings. The molecule has 1 nitrogen and oxygen atoms in total. The molecule has 1 aliphatic carbocycles. The Morgan fingerprint density at radius 2 is 1.84 bits per heavy atom. The molecular formula is C17H24ClN. The van der Waals surface area contributed by atoms with Crippen molar-refractivity contribution in [1.29, 1.82) is 0 Å². The summed E-state index contributed by atoms with van der Waals surface area (Å²) < 4.78 is 0. The van der Waals surface area contributed by atoms with Crippen molar-refractivity contribution in [2.24, 2.45) is 10.8 Å². The fraction of sp³-hybridized carbons (Fsp3) is 0.647. The molecule has 0 radical (unpaired) electrons. The van der Waals surface area contributed by atoms with Crippen LogP contribution in [0.1, 0.15) is 45.6 Å². The SMILES string of the molecule is CC1(C)C[C@@H]2C[C@](C)(CN2Cc2ccc(Cl)cc2)C1. The first kappa shape index (κ1) is 13.5. The minimum absolute atomic E-state index is 0.506. The Labute approximate surface area is 121 Å². The van der Waals surface area contributed by atoms with Crippen molar-refractivity contribution in [2.75, 3.05) is 6.54 Å². The van der Waals surface area contributed by atoms with Crippen LogP contribution in [0.4, 0.5) is 0 Å². The van der Waals surface area contributed by atoms with Crippen LogP contribution in [0, 0.1) is 10.8 Å². The van der Waals surface area contributed by atoms with Gasteiger partial charge >= 0.3 is 0 Å². The molecule has 1 aliphatic heterocycles. The predicted octanol–water partition coefficient (Wildman–Crippen LogP) is 4.74. The van der Waals surface area contributed by atoms with Gasteiger partial charge < -0.3 is 0 Å². The summed E-state index contributed by atoms with van der Waals surface area (Å²) in [6.07, 6.45) is 4.09. The molecule has 2 bridgehead atoms. The van der Waals surface area contributed by atoms with E-state index in [4.69, 9.17) is 11.6 Å². The fourth-order valence-electron chi connectivity index (χ4n) is 4.59. The topological polar surface area (TPSA) is 3.24 Å². The molecule has 2 aliphatic rings. The highest BCUT2D eigenvalue weighted by atomic mass is 35.5. The van der Waals surface area contributed by atoms with Gasteiger partial charge in [0.25, 0.3) is 0 Å². The summed E-state index contributed by atoms with van der Waals surface area (Å²) in [4.78, 5) is 2.69. The van der Waals surface area contributed by atoms with E-state index in [1.165, 1.54) is 31.4 Å². The van der Waals surface area contributed by atoms with E-state index in [1.54, 1.807) is 0 Å². The number of fused-ring (bicyclic) bond motifs is 2. The van der Waals surface area contributed by atoms with Crippen molar-refractivity contribution in [1.82, 2.24) is 4.90 Å². The minimum atomic E-state index is 0.506. The first-order valence-corrected chi connectivity index (χ1v) is 7.72. The number of benzene rings is 1. The van der Waals surface area contributed by atoms with Crippen LogP contribution in [0.3, 0.4) is 0 Å². The van der Waals surface area contributed by atoms with Gasteiger partial charge in [0.05, 0.1) is 0 Å². The molecule has 1 heterocycles. The quantitative estimate of drug-likeness (QED) is 0.755.